The Morgan fingerprint density at radius 1 is 1.03 bits per heavy atom. The van der Waals surface area contributed by atoms with Gasteiger partial charge in [-0.15, -0.1) is 0 Å². The minimum Gasteiger partial charge on any atom is -0.493 e. The fraction of sp³-hybridized carbons (Fsp3) is 0.481. The molecule has 2 aliphatic rings. The number of methoxy groups -OCH3 is 1. The number of aromatic nitrogens is 2. The normalized spacial score (nSPS) is 20.3. The van der Waals surface area contributed by atoms with Gasteiger partial charge in [-0.2, -0.15) is 0 Å². The van der Waals surface area contributed by atoms with E-state index in [1.54, 1.807) is 26.2 Å². The first-order valence-electron chi connectivity index (χ1n) is 12.5. The summed E-state index contributed by atoms with van der Waals surface area (Å²) >= 11 is 0. The van der Waals surface area contributed by atoms with Crippen LogP contribution in [0.4, 0.5) is 15.9 Å². The molecule has 0 amide bonds. The molecule has 1 N–H and O–H groups in total. The number of hydrogen-bond acceptors (Lipinski definition) is 7. The average molecular weight is 480 g/mol. The quantitative estimate of drug-likeness (QED) is 0.454. The number of aryl methyl sites for hydroxylation is 1. The topological polar surface area (TPSA) is 62.8 Å². The van der Waals surface area contributed by atoms with Crippen LogP contribution >= 0.6 is 0 Å². The van der Waals surface area contributed by atoms with Crippen LogP contribution in [0.1, 0.15) is 18.9 Å². The van der Waals surface area contributed by atoms with Gasteiger partial charge in [0.15, 0.2) is 11.5 Å². The smallest absolute Gasteiger partial charge is 0.162 e. The standard InChI is InChI=1S/C27H34FN5O2/c1-4-32-13-19-15-33(16-20(19)14-32)8-5-9-35-26-11-22-24(12-25(26)34-3)29-17-30-27(22)31-21-6-7-23(28)18(2)10-21/h6-7,10-12,17,19-20H,4-5,8-9,13-16H2,1-3H3,(H,29,30,31). The molecule has 0 saturated carbocycles. The lowest BCUT2D eigenvalue weighted by Crippen LogP contribution is -2.29. The van der Waals surface area contributed by atoms with Gasteiger partial charge in [-0.25, -0.2) is 14.4 Å². The van der Waals surface area contributed by atoms with E-state index >= 15 is 0 Å². The first-order chi connectivity index (χ1) is 17.0. The molecule has 3 heterocycles. The molecule has 8 heteroatoms. The maximum atomic E-state index is 13.7. The number of rotatable bonds is 9. The Hall–Kier alpha value is -2.97. The van der Waals surface area contributed by atoms with E-state index in [2.05, 4.69) is 32.0 Å². The Morgan fingerprint density at radius 3 is 2.51 bits per heavy atom. The second kappa shape index (κ2) is 10.3. The maximum Gasteiger partial charge on any atom is 0.162 e. The molecule has 0 radical (unpaired) electrons. The molecule has 2 unspecified atom stereocenters. The van der Waals surface area contributed by atoms with Crippen molar-refractivity contribution in [3.63, 3.8) is 0 Å². The molecule has 0 bridgehead atoms. The summed E-state index contributed by atoms with van der Waals surface area (Å²) in [5, 5.41) is 4.10. The number of ether oxygens (including phenoxy) is 2. The lowest BCUT2D eigenvalue weighted by Gasteiger charge is -2.20. The van der Waals surface area contributed by atoms with Crippen LogP contribution in [0.25, 0.3) is 10.9 Å². The number of likely N-dealkylation sites (tertiary alicyclic amines) is 2. The molecule has 186 valence electrons. The Bertz CT molecular complexity index is 1180. The minimum absolute atomic E-state index is 0.233. The molecular formula is C27H34FN5O2. The summed E-state index contributed by atoms with van der Waals surface area (Å²) in [5.41, 5.74) is 2.08. The van der Waals surface area contributed by atoms with E-state index in [-0.39, 0.29) is 5.82 Å². The highest BCUT2D eigenvalue weighted by Gasteiger charge is 2.38. The highest BCUT2D eigenvalue weighted by Crippen LogP contribution is 2.35. The van der Waals surface area contributed by atoms with Crippen LogP contribution in [0.5, 0.6) is 11.5 Å². The third kappa shape index (κ3) is 5.18. The average Bonchev–Trinajstić information content (AvgIpc) is 3.42. The summed E-state index contributed by atoms with van der Waals surface area (Å²) < 4.78 is 25.4. The van der Waals surface area contributed by atoms with Crippen molar-refractivity contribution in [3.8, 4) is 11.5 Å². The fourth-order valence-electron chi connectivity index (χ4n) is 5.39. The largest absolute Gasteiger partial charge is 0.493 e. The minimum atomic E-state index is -0.233. The summed E-state index contributed by atoms with van der Waals surface area (Å²) in [7, 11) is 1.64. The van der Waals surface area contributed by atoms with Crippen molar-refractivity contribution < 1.29 is 13.9 Å². The van der Waals surface area contributed by atoms with Gasteiger partial charge < -0.3 is 24.6 Å². The van der Waals surface area contributed by atoms with Crippen LogP contribution in [0.3, 0.4) is 0 Å². The van der Waals surface area contributed by atoms with E-state index in [1.165, 1.54) is 45.1 Å². The predicted octanol–water partition coefficient (Wildman–Crippen LogP) is 4.48. The third-order valence-electron chi connectivity index (χ3n) is 7.30. The zero-order chi connectivity index (χ0) is 24.4. The number of nitrogens with one attached hydrogen (secondary N) is 1. The van der Waals surface area contributed by atoms with Crippen LogP contribution in [-0.4, -0.2) is 72.8 Å². The highest BCUT2D eigenvalue weighted by atomic mass is 19.1. The monoisotopic (exact) mass is 479 g/mol. The molecule has 2 fully saturated rings. The van der Waals surface area contributed by atoms with Gasteiger partial charge in [0.25, 0.3) is 0 Å². The fourth-order valence-corrected chi connectivity index (χ4v) is 5.39. The van der Waals surface area contributed by atoms with Gasteiger partial charge in [0, 0.05) is 49.9 Å². The second-order valence-corrected chi connectivity index (χ2v) is 9.67. The van der Waals surface area contributed by atoms with Crippen molar-refractivity contribution in [2.45, 2.75) is 20.3 Å². The van der Waals surface area contributed by atoms with E-state index in [0.29, 0.717) is 29.5 Å². The van der Waals surface area contributed by atoms with E-state index in [1.807, 2.05) is 12.1 Å². The molecule has 2 aromatic carbocycles. The molecule has 0 aliphatic carbocycles. The lowest BCUT2D eigenvalue weighted by molar-refractivity contribution is 0.231. The number of halogens is 1. The van der Waals surface area contributed by atoms with Crippen molar-refractivity contribution in [2.24, 2.45) is 11.8 Å². The first kappa shape index (κ1) is 23.8. The summed E-state index contributed by atoms with van der Waals surface area (Å²) in [6.07, 6.45) is 2.47. The summed E-state index contributed by atoms with van der Waals surface area (Å²) in [5.74, 6) is 3.38. The van der Waals surface area contributed by atoms with E-state index in [9.17, 15) is 4.39 Å². The SMILES string of the molecule is CCN1CC2CN(CCCOc3cc4c(Nc5ccc(F)c(C)c5)ncnc4cc3OC)CC2C1. The third-order valence-corrected chi connectivity index (χ3v) is 7.30. The van der Waals surface area contributed by atoms with Crippen LogP contribution in [0.15, 0.2) is 36.7 Å². The van der Waals surface area contributed by atoms with Gasteiger partial charge in [0.2, 0.25) is 0 Å². The molecular weight excluding hydrogens is 445 g/mol. The highest BCUT2D eigenvalue weighted by molar-refractivity contribution is 5.93. The van der Waals surface area contributed by atoms with Crippen LogP contribution in [0.2, 0.25) is 0 Å². The Morgan fingerprint density at radius 2 is 1.80 bits per heavy atom. The number of benzene rings is 2. The Balaban J connectivity index is 1.24. The van der Waals surface area contributed by atoms with Gasteiger partial charge in [0.05, 0.1) is 19.2 Å². The van der Waals surface area contributed by atoms with Crippen LogP contribution in [-0.2, 0) is 0 Å². The molecule has 2 aliphatic heterocycles. The predicted molar refractivity (Wildman–Crippen MR) is 136 cm³/mol. The van der Waals surface area contributed by atoms with E-state index in [4.69, 9.17) is 9.47 Å². The number of hydrogen-bond donors (Lipinski definition) is 1. The molecule has 2 saturated heterocycles. The van der Waals surface area contributed by atoms with Crippen molar-refractivity contribution in [3.05, 3.63) is 48.0 Å². The maximum absolute atomic E-state index is 13.7. The summed E-state index contributed by atoms with van der Waals surface area (Å²) in [6, 6.07) is 8.70. The van der Waals surface area contributed by atoms with Gasteiger partial charge in [-0.1, -0.05) is 6.92 Å². The van der Waals surface area contributed by atoms with E-state index in [0.717, 1.165) is 41.4 Å². The summed E-state index contributed by atoms with van der Waals surface area (Å²) in [6.45, 7) is 11.7. The molecule has 35 heavy (non-hydrogen) atoms. The zero-order valence-electron chi connectivity index (χ0n) is 20.8. The number of nitrogens with zero attached hydrogens (tertiary/aromatic N) is 4. The van der Waals surface area contributed by atoms with Crippen LogP contribution < -0.4 is 14.8 Å². The van der Waals surface area contributed by atoms with Gasteiger partial charge in [-0.3, -0.25) is 0 Å². The lowest BCUT2D eigenvalue weighted by atomic mass is 10.0. The molecule has 7 nitrogen and oxygen atoms in total. The van der Waals surface area contributed by atoms with Crippen molar-refractivity contribution in [1.82, 2.24) is 19.8 Å². The van der Waals surface area contributed by atoms with Gasteiger partial charge in [-0.05, 0) is 61.6 Å². The molecule has 2 atom stereocenters. The first-order valence-corrected chi connectivity index (χ1v) is 12.5. The zero-order valence-corrected chi connectivity index (χ0v) is 20.8. The van der Waals surface area contributed by atoms with Crippen LogP contribution in [0, 0.1) is 24.6 Å². The molecule has 5 rings (SSSR count). The van der Waals surface area contributed by atoms with E-state index < -0.39 is 0 Å². The van der Waals surface area contributed by atoms with Crippen molar-refractivity contribution in [1.29, 1.82) is 0 Å². The number of anilines is 2. The van der Waals surface area contributed by atoms with Crippen molar-refractivity contribution >= 4 is 22.4 Å². The number of fused-ring (bicyclic) bond motifs is 2. The Kier molecular flexibility index (Phi) is 7.02. The summed E-state index contributed by atoms with van der Waals surface area (Å²) in [4.78, 5) is 14.0. The van der Waals surface area contributed by atoms with Crippen molar-refractivity contribution in [2.75, 3.05) is 58.3 Å². The van der Waals surface area contributed by atoms with Gasteiger partial charge >= 0.3 is 0 Å². The van der Waals surface area contributed by atoms with Gasteiger partial charge in [0.1, 0.15) is 18.0 Å². The Labute approximate surface area is 206 Å². The molecule has 3 aromatic rings. The molecule has 1 aromatic heterocycles. The molecule has 0 spiro atoms. The second-order valence-electron chi connectivity index (χ2n) is 9.67.